The summed E-state index contributed by atoms with van der Waals surface area (Å²) in [5, 5.41) is 3.05. The van der Waals surface area contributed by atoms with Gasteiger partial charge in [0.25, 0.3) is 5.56 Å². The molecule has 0 aromatic carbocycles. The Morgan fingerprint density at radius 3 is 2.24 bits per heavy atom. The summed E-state index contributed by atoms with van der Waals surface area (Å²) in [6.07, 6.45) is 0. The number of aryl methyl sites for hydroxylation is 1. The molecule has 2 rings (SSSR count). The van der Waals surface area contributed by atoms with Gasteiger partial charge in [0.05, 0.1) is 6.54 Å². The van der Waals surface area contributed by atoms with Gasteiger partial charge in [-0.3, -0.25) is 13.9 Å². The van der Waals surface area contributed by atoms with Crippen LogP contribution in [-0.4, -0.2) is 25.7 Å². The van der Waals surface area contributed by atoms with Crippen LogP contribution in [0.15, 0.2) is 9.59 Å². The highest BCUT2D eigenvalue weighted by atomic mass is 16.2. The van der Waals surface area contributed by atoms with Gasteiger partial charge in [0.15, 0.2) is 11.2 Å². The molecule has 2 heterocycles. The summed E-state index contributed by atoms with van der Waals surface area (Å²) >= 11 is 0. The number of fused-ring (bicyclic) bond motifs is 1. The fourth-order valence-electron chi connectivity index (χ4n) is 2.68. The topological polar surface area (TPSA) is 73.8 Å². The van der Waals surface area contributed by atoms with Crippen molar-refractivity contribution in [1.29, 1.82) is 0 Å². The van der Waals surface area contributed by atoms with Crippen molar-refractivity contribution in [1.82, 2.24) is 24.0 Å². The van der Waals surface area contributed by atoms with E-state index in [0.29, 0.717) is 30.8 Å². The molecule has 0 bridgehead atoms. The molecule has 7 nitrogen and oxygen atoms in total. The number of rotatable bonds is 5. The first-order valence-electron chi connectivity index (χ1n) is 7.36. The molecule has 2 aromatic rings. The lowest BCUT2D eigenvalue weighted by Crippen LogP contribution is -2.40. The highest BCUT2D eigenvalue weighted by Crippen LogP contribution is 2.15. The number of hydrogen-bond donors (Lipinski definition) is 1. The van der Waals surface area contributed by atoms with E-state index in [1.807, 2.05) is 32.4 Å². The zero-order chi connectivity index (χ0) is 15.7. The van der Waals surface area contributed by atoms with Crippen molar-refractivity contribution in [3.63, 3.8) is 0 Å². The lowest BCUT2D eigenvalue weighted by atomic mass is 10.3. The first-order valence-corrected chi connectivity index (χ1v) is 7.36. The van der Waals surface area contributed by atoms with Crippen LogP contribution in [0, 0.1) is 0 Å². The first kappa shape index (κ1) is 15.5. The second-order valence-corrected chi connectivity index (χ2v) is 5.27. The fraction of sp³-hybridized carbons (Fsp3) is 0.643. The molecule has 0 saturated carbocycles. The van der Waals surface area contributed by atoms with E-state index in [1.54, 1.807) is 11.5 Å². The molecule has 2 aromatic heterocycles. The highest BCUT2D eigenvalue weighted by Gasteiger charge is 2.21. The van der Waals surface area contributed by atoms with Crippen LogP contribution in [0.2, 0.25) is 0 Å². The van der Waals surface area contributed by atoms with E-state index in [-0.39, 0.29) is 17.3 Å². The summed E-state index contributed by atoms with van der Waals surface area (Å²) in [6, 6.07) is -0.0546. The van der Waals surface area contributed by atoms with E-state index in [9.17, 15) is 9.59 Å². The standard InChI is InChI=1S/C14H23N5O2/c1-6-17-10(8-15-5)16-12-11(17)13(20)18(7-2)14(21)19(12)9(3)4/h9,15H,6-8H2,1-5H3. The molecule has 0 spiro atoms. The van der Waals surface area contributed by atoms with Crippen molar-refractivity contribution in [2.24, 2.45) is 0 Å². The van der Waals surface area contributed by atoms with Gasteiger partial charge in [-0.05, 0) is 34.7 Å². The summed E-state index contributed by atoms with van der Waals surface area (Å²) in [7, 11) is 1.83. The van der Waals surface area contributed by atoms with E-state index < -0.39 is 0 Å². The minimum atomic E-state index is -0.290. The average molecular weight is 293 g/mol. The molecule has 0 radical (unpaired) electrons. The van der Waals surface area contributed by atoms with Crippen molar-refractivity contribution in [2.75, 3.05) is 7.05 Å². The first-order chi connectivity index (χ1) is 9.97. The summed E-state index contributed by atoms with van der Waals surface area (Å²) < 4.78 is 4.77. The summed E-state index contributed by atoms with van der Waals surface area (Å²) in [4.78, 5) is 29.7. The highest BCUT2D eigenvalue weighted by molar-refractivity contribution is 5.71. The van der Waals surface area contributed by atoms with E-state index in [1.165, 1.54) is 4.57 Å². The molecule has 0 atom stereocenters. The van der Waals surface area contributed by atoms with Crippen molar-refractivity contribution in [3.05, 3.63) is 26.7 Å². The predicted octanol–water partition coefficient (Wildman–Crippen LogP) is 0.700. The van der Waals surface area contributed by atoms with Gasteiger partial charge >= 0.3 is 5.69 Å². The Hall–Kier alpha value is -1.89. The number of hydrogen-bond acceptors (Lipinski definition) is 4. The van der Waals surface area contributed by atoms with Crippen molar-refractivity contribution >= 4 is 11.2 Å². The maximum Gasteiger partial charge on any atom is 0.332 e. The van der Waals surface area contributed by atoms with Crippen molar-refractivity contribution < 1.29 is 0 Å². The van der Waals surface area contributed by atoms with Gasteiger partial charge in [0.1, 0.15) is 5.82 Å². The maximum atomic E-state index is 12.6. The van der Waals surface area contributed by atoms with Gasteiger partial charge in [-0.1, -0.05) is 0 Å². The van der Waals surface area contributed by atoms with Crippen LogP contribution in [0.3, 0.4) is 0 Å². The Balaban J connectivity index is 3.02. The molecule has 0 aliphatic carbocycles. The monoisotopic (exact) mass is 293 g/mol. The van der Waals surface area contributed by atoms with Crippen LogP contribution >= 0.6 is 0 Å². The molecule has 21 heavy (non-hydrogen) atoms. The molecule has 0 fully saturated rings. The third-order valence-corrected chi connectivity index (χ3v) is 3.62. The zero-order valence-electron chi connectivity index (χ0n) is 13.3. The van der Waals surface area contributed by atoms with Gasteiger partial charge in [-0.2, -0.15) is 0 Å². The number of nitrogens with zero attached hydrogens (tertiary/aromatic N) is 4. The Kier molecular flexibility index (Phi) is 4.32. The summed E-state index contributed by atoms with van der Waals surface area (Å²) in [6.45, 7) is 9.18. The quantitative estimate of drug-likeness (QED) is 0.880. The second-order valence-electron chi connectivity index (χ2n) is 5.27. The smallest absolute Gasteiger partial charge is 0.321 e. The van der Waals surface area contributed by atoms with Gasteiger partial charge in [-0.15, -0.1) is 0 Å². The molecule has 1 N–H and O–H groups in total. The number of aromatic nitrogens is 4. The SMILES string of the molecule is CCn1c(=O)c2c(nc(CNC)n2CC)n(C(C)C)c1=O. The lowest BCUT2D eigenvalue weighted by molar-refractivity contribution is 0.532. The largest absolute Gasteiger partial charge is 0.332 e. The van der Waals surface area contributed by atoms with Crippen LogP contribution in [0.5, 0.6) is 0 Å². The predicted molar refractivity (Wildman–Crippen MR) is 82.7 cm³/mol. The van der Waals surface area contributed by atoms with Crippen molar-refractivity contribution in [3.8, 4) is 0 Å². The minimum absolute atomic E-state index is 0.0546. The summed E-state index contributed by atoms with van der Waals surface area (Å²) in [5.74, 6) is 0.773. The fourth-order valence-corrected chi connectivity index (χ4v) is 2.68. The molecule has 0 aliphatic heterocycles. The maximum absolute atomic E-state index is 12.6. The second kappa shape index (κ2) is 5.85. The van der Waals surface area contributed by atoms with Gasteiger partial charge in [0, 0.05) is 19.1 Å². The van der Waals surface area contributed by atoms with Gasteiger partial charge in [0.2, 0.25) is 0 Å². The van der Waals surface area contributed by atoms with Crippen molar-refractivity contribution in [2.45, 2.75) is 53.4 Å². The van der Waals surface area contributed by atoms with Crippen LogP contribution in [0.25, 0.3) is 11.2 Å². The van der Waals surface area contributed by atoms with E-state index >= 15 is 0 Å². The molecule has 0 saturated heterocycles. The van der Waals surface area contributed by atoms with Crippen LogP contribution in [0.1, 0.15) is 39.6 Å². The van der Waals surface area contributed by atoms with Gasteiger partial charge < -0.3 is 9.88 Å². The third kappa shape index (κ3) is 2.31. The number of nitrogens with one attached hydrogen (secondary N) is 1. The zero-order valence-corrected chi connectivity index (χ0v) is 13.3. The molecule has 0 amide bonds. The van der Waals surface area contributed by atoms with Crippen LogP contribution < -0.4 is 16.6 Å². The van der Waals surface area contributed by atoms with E-state index in [2.05, 4.69) is 10.3 Å². The summed E-state index contributed by atoms with van der Waals surface area (Å²) in [5.41, 5.74) is 0.447. The Morgan fingerprint density at radius 2 is 1.76 bits per heavy atom. The van der Waals surface area contributed by atoms with Gasteiger partial charge in [-0.25, -0.2) is 9.78 Å². The van der Waals surface area contributed by atoms with Crippen LogP contribution in [0.4, 0.5) is 0 Å². The average Bonchev–Trinajstić information content (AvgIpc) is 2.77. The molecule has 7 heteroatoms. The normalized spacial score (nSPS) is 11.7. The Labute approximate surface area is 123 Å². The molecule has 0 unspecified atom stereocenters. The molecule has 0 aliphatic rings. The third-order valence-electron chi connectivity index (χ3n) is 3.62. The van der Waals surface area contributed by atoms with Crippen LogP contribution in [-0.2, 0) is 19.6 Å². The minimum Gasteiger partial charge on any atom is -0.321 e. The molecular formula is C14H23N5O2. The molecular weight excluding hydrogens is 270 g/mol. The lowest BCUT2D eigenvalue weighted by Gasteiger charge is -2.13. The Bertz CT molecular complexity index is 766. The molecule has 116 valence electrons. The van der Waals surface area contributed by atoms with E-state index in [0.717, 1.165) is 5.82 Å². The van der Waals surface area contributed by atoms with E-state index in [4.69, 9.17) is 0 Å². The Morgan fingerprint density at radius 1 is 1.14 bits per heavy atom. The number of imidazole rings is 1.